The molecule has 0 saturated heterocycles. The van der Waals surface area contributed by atoms with Crippen LogP contribution >= 0.6 is 0 Å². The molecular formula is C15H23N3. The van der Waals surface area contributed by atoms with E-state index in [0.29, 0.717) is 0 Å². The predicted molar refractivity (Wildman–Crippen MR) is 75.6 cm³/mol. The summed E-state index contributed by atoms with van der Waals surface area (Å²) >= 11 is 0. The highest BCUT2D eigenvalue weighted by atomic mass is 15.2. The zero-order valence-corrected chi connectivity index (χ0v) is 11.4. The van der Waals surface area contributed by atoms with Crippen LogP contribution in [-0.4, -0.2) is 18.6 Å². The van der Waals surface area contributed by atoms with Gasteiger partial charge in [0.1, 0.15) is 0 Å². The average Bonchev–Trinajstić information content (AvgIpc) is 2.94. The standard InChI is InChI=1S/C15H23N3/c1-10-5-6-17-15(14(10)16)18(2)9-13-8-11-3-4-12(13)7-11/h5-6,11-13H,3-4,7-9,16H2,1-2H3. The summed E-state index contributed by atoms with van der Waals surface area (Å²) in [5.41, 5.74) is 8.09. The quantitative estimate of drug-likeness (QED) is 0.890. The number of rotatable bonds is 3. The van der Waals surface area contributed by atoms with Gasteiger partial charge in [-0.05, 0) is 55.6 Å². The second-order valence-electron chi connectivity index (χ2n) is 6.18. The zero-order chi connectivity index (χ0) is 12.7. The van der Waals surface area contributed by atoms with Crippen molar-refractivity contribution in [2.45, 2.75) is 32.6 Å². The Morgan fingerprint density at radius 3 is 2.89 bits per heavy atom. The number of aromatic nitrogens is 1. The Balaban J connectivity index is 1.71. The maximum absolute atomic E-state index is 6.13. The van der Waals surface area contributed by atoms with Crippen LogP contribution in [0.1, 0.15) is 31.2 Å². The van der Waals surface area contributed by atoms with Gasteiger partial charge in [0.2, 0.25) is 0 Å². The maximum atomic E-state index is 6.13. The van der Waals surface area contributed by atoms with E-state index >= 15 is 0 Å². The maximum Gasteiger partial charge on any atom is 0.151 e. The van der Waals surface area contributed by atoms with Crippen molar-refractivity contribution in [1.82, 2.24) is 4.98 Å². The molecule has 2 fully saturated rings. The molecule has 2 aliphatic carbocycles. The lowest BCUT2D eigenvalue weighted by Gasteiger charge is -2.28. The number of nitrogen functional groups attached to an aromatic ring is 1. The summed E-state index contributed by atoms with van der Waals surface area (Å²) in [6.07, 6.45) is 7.66. The number of hydrogen-bond acceptors (Lipinski definition) is 3. The smallest absolute Gasteiger partial charge is 0.151 e. The summed E-state index contributed by atoms with van der Waals surface area (Å²) < 4.78 is 0. The monoisotopic (exact) mass is 245 g/mol. The van der Waals surface area contributed by atoms with E-state index in [1.54, 1.807) is 0 Å². The minimum absolute atomic E-state index is 0.836. The van der Waals surface area contributed by atoms with Gasteiger partial charge in [-0.15, -0.1) is 0 Å². The molecule has 3 rings (SSSR count). The van der Waals surface area contributed by atoms with E-state index < -0.39 is 0 Å². The van der Waals surface area contributed by atoms with Crippen LogP contribution in [0.5, 0.6) is 0 Å². The van der Waals surface area contributed by atoms with E-state index in [4.69, 9.17) is 5.73 Å². The Bertz CT molecular complexity index is 443. The Hall–Kier alpha value is -1.25. The van der Waals surface area contributed by atoms with E-state index in [-0.39, 0.29) is 0 Å². The molecule has 0 spiro atoms. The fourth-order valence-corrected chi connectivity index (χ4v) is 3.90. The summed E-state index contributed by atoms with van der Waals surface area (Å²) in [5.74, 6) is 3.79. The Labute approximate surface area is 109 Å². The first-order valence-corrected chi connectivity index (χ1v) is 7.07. The van der Waals surface area contributed by atoms with E-state index in [9.17, 15) is 0 Å². The molecule has 1 heterocycles. The molecule has 1 aromatic heterocycles. The lowest BCUT2D eigenvalue weighted by Crippen LogP contribution is -2.29. The molecular weight excluding hydrogens is 222 g/mol. The molecule has 3 nitrogen and oxygen atoms in total. The summed E-state index contributed by atoms with van der Waals surface area (Å²) in [6, 6.07) is 1.98. The molecule has 0 amide bonds. The Morgan fingerprint density at radius 2 is 2.22 bits per heavy atom. The van der Waals surface area contributed by atoms with Crippen LogP contribution in [0.2, 0.25) is 0 Å². The van der Waals surface area contributed by atoms with Crippen LogP contribution in [0.3, 0.4) is 0 Å². The van der Waals surface area contributed by atoms with Gasteiger partial charge in [0.25, 0.3) is 0 Å². The van der Waals surface area contributed by atoms with Crippen LogP contribution in [0.15, 0.2) is 12.3 Å². The predicted octanol–water partition coefficient (Wildman–Crippen LogP) is 2.84. The Kier molecular flexibility index (Phi) is 2.92. The minimum atomic E-state index is 0.836. The SMILES string of the molecule is Cc1ccnc(N(C)CC2CC3CCC2C3)c1N. The average molecular weight is 245 g/mol. The van der Waals surface area contributed by atoms with Crippen LogP contribution in [0, 0.1) is 24.7 Å². The minimum Gasteiger partial charge on any atom is -0.396 e. The molecule has 98 valence electrons. The fraction of sp³-hybridized carbons (Fsp3) is 0.667. The van der Waals surface area contributed by atoms with E-state index in [2.05, 4.69) is 16.9 Å². The highest BCUT2D eigenvalue weighted by molar-refractivity contribution is 5.66. The second kappa shape index (κ2) is 4.45. The van der Waals surface area contributed by atoms with Gasteiger partial charge in [-0.2, -0.15) is 0 Å². The number of nitrogens with zero attached hydrogens (tertiary/aromatic N) is 2. The molecule has 3 heteroatoms. The zero-order valence-electron chi connectivity index (χ0n) is 11.4. The van der Waals surface area contributed by atoms with Crippen molar-refractivity contribution in [2.24, 2.45) is 17.8 Å². The molecule has 2 saturated carbocycles. The number of aryl methyl sites for hydroxylation is 1. The molecule has 0 radical (unpaired) electrons. The normalized spacial score (nSPS) is 29.8. The number of fused-ring (bicyclic) bond motifs is 2. The number of anilines is 2. The molecule has 18 heavy (non-hydrogen) atoms. The first-order chi connectivity index (χ1) is 8.65. The number of hydrogen-bond donors (Lipinski definition) is 1. The molecule has 3 atom stereocenters. The molecule has 0 aliphatic heterocycles. The van der Waals surface area contributed by atoms with Gasteiger partial charge >= 0.3 is 0 Å². The second-order valence-corrected chi connectivity index (χ2v) is 6.18. The van der Waals surface area contributed by atoms with Crippen molar-refractivity contribution < 1.29 is 0 Å². The highest BCUT2D eigenvalue weighted by Gasteiger charge is 2.39. The number of pyridine rings is 1. The Morgan fingerprint density at radius 1 is 1.39 bits per heavy atom. The van der Waals surface area contributed by atoms with Crippen LogP contribution in [0.4, 0.5) is 11.5 Å². The van der Waals surface area contributed by atoms with Crippen molar-refractivity contribution in [1.29, 1.82) is 0 Å². The van der Waals surface area contributed by atoms with E-state index in [1.807, 2.05) is 19.2 Å². The summed E-state index contributed by atoms with van der Waals surface area (Å²) in [6.45, 7) is 3.16. The van der Waals surface area contributed by atoms with Gasteiger partial charge in [0.15, 0.2) is 5.82 Å². The van der Waals surface area contributed by atoms with E-state index in [1.165, 1.54) is 25.7 Å². The van der Waals surface area contributed by atoms with E-state index in [0.717, 1.165) is 41.4 Å². The lowest BCUT2D eigenvalue weighted by atomic mass is 9.88. The van der Waals surface area contributed by atoms with Crippen molar-refractivity contribution in [3.8, 4) is 0 Å². The molecule has 2 N–H and O–H groups in total. The molecule has 0 aromatic carbocycles. The van der Waals surface area contributed by atoms with Crippen LogP contribution in [0.25, 0.3) is 0 Å². The third-order valence-corrected chi connectivity index (χ3v) is 4.94. The van der Waals surface area contributed by atoms with Crippen molar-refractivity contribution in [3.05, 3.63) is 17.8 Å². The molecule has 3 unspecified atom stereocenters. The fourth-order valence-electron chi connectivity index (χ4n) is 3.90. The van der Waals surface area contributed by atoms with Gasteiger partial charge in [-0.1, -0.05) is 6.42 Å². The van der Waals surface area contributed by atoms with Gasteiger partial charge in [0.05, 0.1) is 5.69 Å². The first kappa shape index (κ1) is 11.8. The van der Waals surface area contributed by atoms with Crippen molar-refractivity contribution >= 4 is 11.5 Å². The number of nitrogens with two attached hydrogens (primary N) is 1. The highest BCUT2D eigenvalue weighted by Crippen LogP contribution is 2.48. The third kappa shape index (κ3) is 1.96. The van der Waals surface area contributed by atoms with Crippen molar-refractivity contribution in [2.75, 3.05) is 24.2 Å². The first-order valence-electron chi connectivity index (χ1n) is 7.07. The summed E-state index contributed by atoms with van der Waals surface area (Å²) in [4.78, 5) is 6.70. The topological polar surface area (TPSA) is 42.2 Å². The summed E-state index contributed by atoms with van der Waals surface area (Å²) in [5, 5.41) is 0. The third-order valence-electron chi connectivity index (χ3n) is 4.94. The largest absolute Gasteiger partial charge is 0.396 e. The van der Waals surface area contributed by atoms with Crippen LogP contribution in [-0.2, 0) is 0 Å². The lowest BCUT2D eigenvalue weighted by molar-refractivity contribution is 0.337. The van der Waals surface area contributed by atoms with Gasteiger partial charge in [0, 0.05) is 19.8 Å². The molecule has 1 aromatic rings. The molecule has 2 bridgehead atoms. The van der Waals surface area contributed by atoms with Crippen molar-refractivity contribution in [3.63, 3.8) is 0 Å². The molecule has 2 aliphatic rings. The summed E-state index contributed by atoms with van der Waals surface area (Å²) in [7, 11) is 2.13. The van der Waals surface area contributed by atoms with Gasteiger partial charge < -0.3 is 10.6 Å². The van der Waals surface area contributed by atoms with Gasteiger partial charge in [-0.3, -0.25) is 0 Å². The van der Waals surface area contributed by atoms with Gasteiger partial charge in [-0.25, -0.2) is 4.98 Å². The van der Waals surface area contributed by atoms with Crippen LogP contribution < -0.4 is 10.6 Å².